The Bertz CT molecular complexity index is 540. The molecule has 0 bridgehead atoms. The Morgan fingerprint density at radius 1 is 1.11 bits per heavy atom. The first-order valence-corrected chi connectivity index (χ1v) is 6.00. The maximum absolute atomic E-state index is 13.0. The maximum atomic E-state index is 13.0. The summed E-state index contributed by atoms with van der Waals surface area (Å²) in [7, 11) is 1.63. The zero-order chi connectivity index (χ0) is 13.7. The fourth-order valence-electron chi connectivity index (χ4n) is 1.70. The van der Waals surface area contributed by atoms with Crippen LogP contribution < -0.4 is 15.2 Å². The van der Waals surface area contributed by atoms with Crippen molar-refractivity contribution < 1.29 is 13.9 Å². The lowest BCUT2D eigenvalue weighted by Gasteiger charge is -2.09. The SMILES string of the molecule is COc1ccc(CCOc2cc(F)ccc2N)cc1. The van der Waals surface area contributed by atoms with Gasteiger partial charge in [0.05, 0.1) is 19.4 Å². The van der Waals surface area contributed by atoms with Crippen LogP contribution in [0.1, 0.15) is 5.56 Å². The number of nitrogens with two attached hydrogens (primary N) is 1. The average molecular weight is 261 g/mol. The number of rotatable bonds is 5. The van der Waals surface area contributed by atoms with Gasteiger partial charge in [0.25, 0.3) is 0 Å². The number of methoxy groups -OCH3 is 1. The molecule has 0 spiro atoms. The normalized spacial score (nSPS) is 10.2. The summed E-state index contributed by atoms with van der Waals surface area (Å²) in [6, 6.07) is 11.8. The zero-order valence-corrected chi connectivity index (χ0v) is 10.7. The second kappa shape index (κ2) is 6.09. The van der Waals surface area contributed by atoms with Crippen LogP contribution in [0.4, 0.5) is 10.1 Å². The Morgan fingerprint density at radius 2 is 1.84 bits per heavy atom. The Morgan fingerprint density at radius 3 is 2.53 bits per heavy atom. The molecule has 0 aliphatic heterocycles. The second-order valence-corrected chi connectivity index (χ2v) is 4.13. The molecule has 2 aromatic rings. The van der Waals surface area contributed by atoms with Crippen molar-refractivity contribution in [3.63, 3.8) is 0 Å². The van der Waals surface area contributed by atoms with E-state index in [1.165, 1.54) is 18.2 Å². The summed E-state index contributed by atoms with van der Waals surface area (Å²) in [6.07, 6.45) is 0.722. The lowest BCUT2D eigenvalue weighted by atomic mass is 10.1. The summed E-state index contributed by atoms with van der Waals surface area (Å²) in [5, 5.41) is 0. The number of hydrogen-bond donors (Lipinski definition) is 1. The molecule has 0 fully saturated rings. The van der Waals surface area contributed by atoms with Crippen LogP contribution >= 0.6 is 0 Å². The summed E-state index contributed by atoms with van der Waals surface area (Å²) >= 11 is 0. The fraction of sp³-hybridized carbons (Fsp3) is 0.200. The highest BCUT2D eigenvalue weighted by atomic mass is 19.1. The van der Waals surface area contributed by atoms with Crippen molar-refractivity contribution in [1.29, 1.82) is 0 Å². The van der Waals surface area contributed by atoms with Crippen LogP contribution in [0.3, 0.4) is 0 Å². The third-order valence-corrected chi connectivity index (χ3v) is 2.78. The molecule has 0 saturated heterocycles. The lowest BCUT2D eigenvalue weighted by molar-refractivity contribution is 0.322. The van der Waals surface area contributed by atoms with Gasteiger partial charge in [-0.1, -0.05) is 12.1 Å². The van der Waals surface area contributed by atoms with Crippen LogP contribution in [0.2, 0.25) is 0 Å². The highest BCUT2D eigenvalue weighted by molar-refractivity contribution is 5.52. The molecule has 0 heterocycles. The Balaban J connectivity index is 1.90. The predicted molar refractivity (Wildman–Crippen MR) is 73.0 cm³/mol. The molecule has 100 valence electrons. The average Bonchev–Trinajstić information content (AvgIpc) is 2.43. The quantitative estimate of drug-likeness (QED) is 0.841. The van der Waals surface area contributed by atoms with Crippen LogP contribution in [0.5, 0.6) is 11.5 Å². The van der Waals surface area contributed by atoms with Gasteiger partial charge in [-0.15, -0.1) is 0 Å². The second-order valence-electron chi connectivity index (χ2n) is 4.13. The smallest absolute Gasteiger partial charge is 0.145 e. The van der Waals surface area contributed by atoms with Crippen molar-refractivity contribution in [3.05, 3.63) is 53.8 Å². The molecular weight excluding hydrogens is 245 g/mol. The first kappa shape index (κ1) is 13.2. The number of anilines is 1. The van der Waals surface area contributed by atoms with Crippen molar-refractivity contribution in [1.82, 2.24) is 0 Å². The third-order valence-electron chi connectivity index (χ3n) is 2.78. The molecule has 2 N–H and O–H groups in total. The molecule has 0 unspecified atom stereocenters. The Labute approximate surface area is 111 Å². The minimum absolute atomic E-state index is 0.353. The van der Waals surface area contributed by atoms with Crippen LogP contribution in [-0.4, -0.2) is 13.7 Å². The maximum Gasteiger partial charge on any atom is 0.145 e. The zero-order valence-electron chi connectivity index (χ0n) is 10.7. The number of benzene rings is 2. The summed E-state index contributed by atoms with van der Waals surface area (Å²) in [6.45, 7) is 0.444. The molecule has 0 saturated carbocycles. The minimum atomic E-state index is -0.353. The molecule has 0 aliphatic rings. The van der Waals surface area contributed by atoms with Gasteiger partial charge < -0.3 is 15.2 Å². The predicted octanol–water partition coefficient (Wildman–Crippen LogP) is 3.04. The van der Waals surface area contributed by atoms with Crippen LogP contribution in [0, 0.1) is 5.82 Å². The van der Waals surface area contributed by atoms with E-state index >= 15 is 0 Å². The Kier molecular flexibility index (Phi) is 4.23. The molecular formula is C15H16FNO2. The Hall–Kier alpha value is -2.23. The van der Waals surface area contributed by atoms with Crippen LogP contribution in [0.25, 0.3) is 0 Å². The summed E-state index contributed by atoms with van der Waals surface area (Å²) in [5.74, 6) is 0.848. The van der Waals surface area contributed by atoms with E-state index < -0.39 is 0 Å². The van der Waals surface area contributed by atoms with Gasteiger partial charge in [-0.2, -0.15) is 0 Å². The van der Waals surface area contributed by atoms with E-state index in [9.17, 15) is 4.39 Å². The highest BCUT2D eigenvalue weighted by Crippen LogP contribution is 2.22. The standard InChI is InChI=1S/C15H16FNO2/c1-18-13-5-2-11(3-6-13)8-9-19-15-10-12(16)4-7-14(15)17/h2-7,10H,8-9,17H2,1H3. The topological polar surface area (TPSA) is 44.5 Å². The minimum Gasteiger partial charge on any atom is -0.497 e. The summed E-state index contributed by atoms with van der Waals surface area (Å²) in [4.78, 5) is 0. The van der Waals surface area contributed by atoms with Crippen molar-refractivity contribution >= 4 is 5.69 Å². The van der Waals surface area contributed by atoms with E-state index in [1.54, 1.807) is 7.11 Å². The molecule has 19 heavy (non-hydrogen) atoms. The van der Waals surface area contributed by atoms with Gasteiger partial charge in [-0.3, -0.25) is 0 Å². The third kappa shape index (κ3) is 3.61. The van der Waals surface area contributed by atoms with Crippen LogP contribution in [0.15, 0.2) is 42.5 Å². The monoisotopic (exact) mass is 261 g/mol. The fourth-order valence-corrected chi connectivity index (χ4v) is 1.70. The van der Waals surface area contributed by atoms with Gasteiger partial charge in [0.2, 0.25) is 0 Å². The molecule has 0 radical (unpaired) electrons. The molecule has 2 rings (SSSR count). The van der Waals surface area contributed by atoms with Gasteiger partial charge in [0.1, 0.15) is 17.3 Å². The van der Waals surface area contributed by atoms with E-state index in [1.807, 2.05) is 24.3 Å². The molecule has 2 aromatic carbocycles. The van der Waals surface area contributed by atoms with Gasteiger partial charge >= 0.3 is 0 Å². The van der Waals surface area contributed by atoms with Gasteiger partial charge in [-0.25, -0.2) is 4.39 Å². The number of ether oxygens (including phenoxy) is 2. The molecule has 0 aliphatic carbocycles. The molecule has 0 amide bonds. The molecule has 4 heteroatoms. The van der Waals surface area contributed by atoms with E-state index in [4.69, 9.17) is 15.2 Å². The van der Waals surface area contributed by atoms with E-state index in [0.717, 1.165) is 17.7 Å². The van der Waals surface area contributed by atoms with Crippen molar-refractivity contribution in [3.8, 4) is 11.5 Å². The molecule has 0 aromatic heterocycles. The summed E-state index contributed by atoms with van der Waals surface area (Å²) < 4.78 is 23.6. The number of halogens is 1. The highest BCUT2D eigenvalue weighted by Gasteiger charge is 2.02. The first-order chi connectivity index (χ1) is 9.19. The van der Waals surface area contributed by atoms with E-state index in [-0.39, 0.29) is 5.82 Å². The largest absolute Gasteiger partial charge is 0.497 e. The number of nitrogen functional groups attached to an aromatic ring is 1. The van der Waals surface area contributed by atoms with Gasteiger partial charge in [0, 0.05) is 12.5 Å². The van der Waals surface area contributed by atoms with Crippen molar-refractivity contribution in [2.24, 2.45) is 0 Å². The first-order valence-electron chi connectivity index (χ1n) is 6.00. The van der Waals surface area contributed by atoms with Gasteiger partial charge in [-0.05, 0) is 29.8 Å². The molecule has 0 atom stereocenters. The van der Waals surface area contributed by atoms with Crippen LogP contribution in [-0.2, 0) is 6.42 Å². The van der Waals surface area contributed by atoms with E-state index in [0.29, 0.717) is 18.0 Å². The van der Waals surface area contributed by atoms with Crippen molar-refractivity contribution in [2.75, 3.05) is 19.5 Å². The lowest BCUT2D eigenvalue weighted by Crippen LogP contribution is -2.03. The molecule has 3 nitrogen and oxygen atoms in total. The van der Waals surface area contributed by atoms with Crippen molar-refractivity contribution in [2.45, 2.75) is 6.42 Å². The van der Waals surface area contributed by atoms with E-state index in [2.05, 4.69) is 0 Å². The summed E-state index contributed by atoms with van der Waals surface area (Å²) in [5.41, 5.74) is 7.26. The number of hydrogen-bond acceptors (Lipinski definition) is 3. The van der Waals surface area contributed by atoms with Gasteiger partial charge in [0.15, 0.2) is 0 Å².